The van der Waals surface area contributed by atoms with Crippen molar-refractivity contribution in [2.24, 2.45) is 5.92 Å². The zero-order chi connectivity index (χ0) is 19.3. The lowest BCUT2D eigenvalue weighted by Gasteiger charge is -2.12. The highest BCUT2D eigenvalue weighted by molar-refractivity contribution is 9.10. The molecule has 0 fully saturated rings. The van der Waals surface area contributed by atoms with Crippen LogP contribution in [0.15, 0.2) is 45.3 Å². The van der Waals surface area contributed by atoms with Crippen LogP contribution in [0.1, 0.15) is 34.6 Å². The molecular formula is C19H18Br2O5. The summed E-state index contributed by atoms with van der Waals surface area (Å²) in [5.41, 5.74) is 0.728. The molecule has 0 atom stereocenters. The lowest BCUT2D eigenvalue weighted by Crippen LogP contribution is -2.10. The number of methoxy groups -OCH3 is 1. The van der Waals surface area contributed by atoms with Crippen LogP contribution < -0.4 is 9.47 Å². The minimum absolute atomic E-state index is 0.305. The van der Waals surface area contributed by atoms with Gasteiger partial charge in [-0.15, -0.1) is 0 Å². The van der Waals surface area contributed by atoms with Crippen molar-refractivity contribution in [2.45, 2.75) is 13.8 Å². The van der Waals surface area contributed by atoms with E-state index >= 15 is 0 Å². The van der Waals surface area contributed by atoms with Crippen LogP contribution in [0.25, 0.3) is 0 Å². The van der Waals surface area contributed by atoms with E-state index in [-0.39, 0.29) is 0 Å². The fraction of sp³-hybridized carbons (Fsp3) is 0.263. The fourth-order valence-corrected chi connectivity index (χ4v) is 2.94. The van der Waals surface area contributed by atoms with E-state index in [9.17, 15) is 9.59 Å². The zero-order valence-corrected chi connectivity index (χ0v) is 17.7. The summed E-state index contributed by atoms with van der Waals surface area (Å²) in [6.45, 7) is 4.70. The first-order chi connectivity index (χ1) is 12.3. The van der Waals surface area contributed by atoms with Crippen molar-refractivity contribution in [3.05, 3.63) is 56.5 Å². The van der Waals surface area contributed by atoms with Crippen LogP contribution in [-0.4, -0.2) is 25.7 Å². The van der Waals surface area contributed by atoms with Crippen molar-refractivity contribution in [2.75, 3.05) is 13.7 Å². The number of benzene rings is 2. The Morgan fingerprint density at radius 3 is 1.96 bits per heavy atom. The van der Waals surface area contributed by atoms with Gasteiger partial charge < -0.3 is 14.2 Å². The Morgan fingerprint density at radius 2 is 1.46 bits per heavy atom. The summed E-state index contributed by atoms with van der Waals surface area (Å²) in [4.78, 5) is 23.9. The monoisotopic (exact) mass is 484 g/mol. The molecule has 0 N–H and O–H groups in total. The van der Waals surface area contributed by atoms with Crippen LogP contribution in [0.3, 0.4) is 0 Å². The van der Waals surface area contributed by atoms with E-state index in [0.29, 0.717) is 44.1 Å². The van der Waals surface area contributed by atoms with Crippen molar-refractivity contribution in [1.29, 1.82) is 0 Å². The highest BCUT2D eigenvalue weighted by Gasteiger charge is 2.15. The molecular weight excluding hydrogens is 468 g/mol. The molecule has 0 aliphatic carbocycles. The SMILES string of the molecule is COC(=O)c1ccc(OC(=O)c2ccc(OCC(C)C)c(Br)c2)c(Br)c1. The summed E-state index contributed by atoms with van der Waals surface area (Å²) in [5, 5.41) is 0. The van der Waals surface area contributed by atoms with E-state index < -0.39 is 11.9 Å². The van der Waals surface area contributed by atoms with Crippen LogP contribution in [0.2, 0.25) is 0 Å². The van der Waals surface area contributed by atoms with Gasteiger partial charge in [-0.3, -0.25) is 0 Å². The molecule has 26 heavy (non-hydrogen) atoms. The number of carbonyl (C=O) groups is 2. The first-order valence-corrected chi connectivity index (χ1v) is 9.42. The summed E-state index contributed by atoms with van der Waals surface area (Å²) in [6.07, 6.45) is 0. The van der Waals surface area contributed by atoms with E-state index in [1.165, 1.54) is 25.3 Å². The molecule has 7 heteroatoms. The smallest absolute Gasteiger partial charge is 0.343 e. The Labute approximate surface area is 168 Å². The molecule has 0 heterocycles. The van der Waals surface area contributed by atoms with Crippen LogP contribution in [-0.2, 0) is 4.74 Å². The lowest BCUT2D eigenvalue weighted by molar-refractivity contribution is 0.0600. The fourth-order valence-electron chi connectivity index (χ4n) is 1.99. The summed E-state index contributed by atoms with van der Waals surface area (Å²) in [6, 6.07) is 9.60. The molecule has 0 aliphatic rings. The molecule has 0 aliphatic heterocycles. The van der Waals surface area contributed by atoms with Gasteiger partial charge in [0, 0.05) is 0 Å². The number of rotatable bonds is 6. The first-order valence-electron chi connectivity index (χ1n) is 7.84. The van der Waals surface area contributed by atoms with Gasteiger partial charge in [-0.05, 0) is 74.2 Å². The minimum Gasteiger partial charge on any atom is -0.492 e. The van der Waals surface area contributed by atoms with Gasteiger partial charge in [0.1, 0.15) is 11.5 Å². The average molecular weight is 486 g/mol. The van der Waals surface area contributed by atoms with Gasteiger partial charge in [-0.1, -0.05) is 13.8 Å². The van der Waals surface area contributed by atoms with Gasteiger partial charge >= 0.3 is 11.9 Å². The number of carbonyl (C=O) groups excluding carboxylic acids is 2. The molecule has 0 saturated carbocycles. The molecule has 0 radical (unpaired) electrons. The predicted molar refractivity (Wildman–Crippen MR) is 105 cm³/mol. The number of halogens is 2. The van der Waals surface area contributed by atoms with Crippen molar-refractivity contribution < 1.29 is 23.8 Å². The molecule has 0 spiro atoms. The quantitative estimate of drug-likeness (QED) is 0.413. The van der Waals surface area contributed by atoms with Gasteiger partial charge in [-0.25, -0.2) is 9.59 Å². The van der Waals surface area contributed by atoms with Crippen LogP contribution in [0.5, 0.6) is 11.5 Å². The molecule has 2 aromatic rings. The lowest BCUT2D eigenvalue weighted by atomic mass is 10.2. The summed E-state index contributed by atoms with van der Waals surface area (Å²) in [5.74, 6) is 0.381. The van der Waals surface area contributed by atoms with Crippen LogP contribution in [0.4, 0.5) is 0 Å². The molecule has 2 aromatic carbocycles. The number of hydrogen-bond acceptors (Lipinski definition) is 5. The van der Waals surface area contributed by atoms with Gasteiger partial charge in [0.15, 0.2) is 0 Å². The maximum atomic E-state index is 12.4. The number of ether oxygens (including phenoxy) is 3. The largest absolute Gasteiger partial charge is 0.492 e. The van der Waals surface area contributed by atoms with Crippen molar-refractivity contribution in [3.8, 4) is 11.5 Å². The van der Waals surface area contributed by atoms with Gasteiger partial charge in [-0.2, -0.15) is 0 Å². The first kappa shape index (κ1) is 20.5. The molecule has 0 aromatic heterocycles. The van der Waals surface area contributed by atoms with Gasteiger partial charge in [0.2, 0.25) is 0 Å². The van der Waals surface area contributed by atoms with Crippen molar-refractivity contribution in [3.63, 3.8) is 0 Å². The van der Waals surface area contributed by atoms with E-state index in [4.69, 9.17) is 9.47 Å². The Balaban J connectivity index is 2.12. The Hall–Kier alpha value is -1.86. The molecule has 2 rings (SSSR count). The highest BCUT2D eigenvalue weighted by Crippen LogP contribution is 2.29. The standard InChI is InChI=1S/C19H18Br2O5/c1-11(2)10-25-16-6-4-13(9-14(16)20)19(23)26-17-7-5-12(8-15(17)21)18(22)24-3/h4-9,11H,10H2,1-3H3. The van der Waals surface area contributed by atoms with Crippen molar-refractivity contribution >= 4 is 43.8 Å². The molecule has 0 saturated heterocycles. The highest BCUT2D eigenvalue weighted by atomic mass is 79.9. The maximum absolute atomic E-state index is 12.4. The van der Waals surface area contributed by atoms with Crippen LogP contribution >= 0.6 is 31.9 Å². The molecule has 0 unspecified atom stereocenters. The Kier molecular flexibility index (Phi) is 7.23. The second-order valence-electron chi connectivity index (χ2n) is 5.88. The third-order valence-electron chi connectivity index (χ3n) is 3.30. The molecule has 5 nitrogen and oxygen atoms in total. The van der Waals surface area contributed by atoms with E-state index in [0.717, 1.165) is 0 Å². The Bertz CT molecular complexity index is 818. The average Bonchev–Trinajstić information content (AvgIpc) is 2.61. The topological polar surface area (TPSA) is 61.8 Å². The second-order valence-corrected chi connectivity index (χ2v) is 7.59. The van der Waals surface area contributed by atoms with E-state index in [1.807, 2.05) is 0 Å². The maximum Gasteiger partial charge on any atom is 0.343 e. The van der Waals surface area contributed by atoms with Gasteiger partial charge in [0.25, 0.3) is 0 Å². The van der Waals surface area contributed by atoms with Crippen molar-refractivity contribution in [1.82, 2.24) is 0 Å². The third kappa shape index (κ3) is 5.32. The van der Waals surface area contributed by atoms with E-state index in [1.54, 1.807) is 18.2 Å². The number of esters is 2. The summed E-state index contributed by atoms with van der Waals surface area (Å²) in [7, 11) is 1.30. The Morgan fingerprint density at radius 1 is 0.923 bits per heavy atom. The predicted octanol–water partition coefficient (Wildman–Crippen LogP) is 5.25. The third-order valence-corrected chi connectivity index (χ3v) is 4.53. The minimum atomic E-state index is -0.521. The van der Waals surface area contributed by atoms with Crippen LogP contribution in [0, 0.1) is 5.92 Å². The van der Waals surface area contributed by atoms with E-state index in [2.05, 4.69) is 50.4 Å². The summed E-state index contributed by atoms with van der Waals surface area (Å²) >= 11 is 6.70. The normalized spacial score (nSPS) is 10.5. The summed E-state index contributed by atoms with van der Waals surface area (Å²) < 4.78 is 16.9. The molecule has 138 valence electrons. The van der Waals surface area contributed by atoms with Gasteiger partial charge in [0.05, 0.1) is 33.8 Å². The molecule has 0 amide bonds. The zero-order valence-electron chi connectivity index (χ0n) is 14.5. The second kappa shape index (κ2) is 9.19. The number of hydrogen-bond donors (Lipinski definition) is 0. The molecule has 0 bridgehead atoms.